The van der Waals surface area contributed by atoms with Gasteiger partial charge in [-0.3, -0.25) is 14.4 Å². The van der Waals surface area contributed by atoms with Crippen LogP contribution in [0.15, 0.2) is 4.79 Å². The molecule has 29 heavy (non-hydrogen) atoms. The van der Waals surface area contributed by atoms with Crippen molar-refractivity contribution in [3.8, 4) is 0 Å². The van der Waals surface area contributed by atoms with E-state index < -0.39 is 5.97 Å². The van der Waals surface area contributed by atoms with Crippen LogP contribution in [0.2, 0.25) is 0 Å². The molecule has 1 N–H and O–H groups in total. The highest BCUT2D eigenvalue weighted by Crippen LogP contribution is 2.33. The molecule has 0 bridgehead atoms. The molecule has 0 spiro atoms. The van der Waals surface area contributed by atoms with E-state index in [-0.39, 0.29) is 24.5 Å². The summed E-state index contributed by atoms with van der Waals surface area (Å²) in [5, 5.41) is 0.720. The molecule has 4 rings (SSSR count). The number of likely N-dealkylation sites (tertiary alicyclic amines) is 1. The number of amides is 1. The third-order valence-electron chi connectivity index (χ3n) is 5.81. The van der Waals surface area contributed by atoms with Crippen molar-refractivity contribution in [1.29, 1.82) is 0 Å². The van der Waals surface area contributed by atoms with Gasteiger partial charge in [0.1, 0.15) is 10.7 Å². The van der Waals surface area contributed by atoms with Gasteiger partial charge in [0, 0.05) is 24.4 Å². The molecule has 0 aromatic carbocycles. The molecule has 1 atom stereocenters. The first-order valence-electron chi connectivity index (χ1n) is 10.5. The van der Waals surface area contributed by atoms with Crippen LogP contribution in [-0.2, 0) is 33.6 Å². The van der Waals surface area contributed by atoms with Crippen LogP contribution in [0.4, 0.5) is 0 Å². The molecule has 156 valence electrons. The van der Waals surface area contributed by atoms with Crippen molar-refractivity contribution < 1.29 is 14.3 Å². The second-order valence-corrected chi connectivity index (χ2v) is 9.24. The number of piperidine rings is 1. The molecule has 1 fully saturated rings. The van der Waals surface area contributed by atoms with Gasteiger partial charge < -0.3 is 14.6 Å². The Balaban J connectivity index is 1.33. The second-order valence-electron chi connectivity index (χ2n) is 8.15. The largest absolute Gasteiger partial charge is 0.456 e. The molecule has 0 radical (unpaired) electrons. The first-order chi connectivity index (χ1) is 14.0. The monoisotopic (exact) mass is 417 g/mol. The highest BCUT2D eigenvalue weighted by atomic mass is 32.1. The summed E-state index contributed by atoms with van der Waals surface area (Å²) in [6.45, 7) is 3.37. The summed E-state index contributed by atoms with van der Waals surface area (Å²) in [5.41, 5.74) is 1.04. The Morgan fingerprint density at radius 2 is 2.10 bits per heavy atom. The average Bonchev–Trinajstić information content (AvgIpc) is 3.09. The first-order valence-corrected chi connectivity index (χ1v) is 11.3. The minimum atomic E-state index is -0.448. The van der Waals surface area contributed by atoms with E-state index in [1.165, 1.54) is 4.88 Å². The number of fused-ring (bicyclic) bond motifs is 3. The number of hydrogen-bond acceptors (Lipinski definition) is 6. The summed E-state index contributed by atoms with van der Waals surface area (Å²) in [7, 11) is 0. The molecule has 2 aliphatic rings. The average molecular weight is 418 g/mol. The fourth-order valence-corrected chi connectivity index (χ4v) is 5.55. The van der Waals surface area contributed by atoms with Crippen LogP contribution in [0.3, 0.4) is 0 Å². The summed E-state index contributed by atoms with van der Waals surface area (Å²) >= 11 is 1.59. The molecule has 7 nitrogen and oxygen atoms in total. The van der Waals surface area contributed by atoms with Gasteiger partial charge in [-0.1, -0.05) is 6.92 Å². The Morgan fingerprint density at radius 1 is 1.28 bits per heavy atom. The van der Waals surface area contributed by atoms with Gasteiger partial charge in [0.25, 0.3) is 11.5 Å². The molecule has 1 aliphatic carbocycles. The highest BCUT2D eigenvalue weighted by molar-refractivity contribution is 7.18. The van der Waals surface area contributed by atoms with E-state index in [0.717, 1.165) is 67.4 Å². The number of aromatic amines is 1. The standard InChI is InChI=1S/C21H27N3O4S/c1-13-5-4-10-24(11-13)17(25)12-28-18(26)9-8-16-22-20(27)19-14-6-2-3-7-15(14)29-21(19)23-16/h13H,2-12H2,1H3,(H,22,23,27). The molecule has 2 aromatic heterocycles. The Kier molecular flexibility index (Phi) is 5.99. The van der Waals surface area contributed by atoms with Crippen LogP contribution in [0.5, 0.6) is 0 Å². The van der Waals surface area contributed by atoms with Gasteiger partial charge in [-0.2, -0.15) is 0 Å². The zero-order valence-electron chi connectivity index (χ0n) is 16.8. The number of carbonyl (C=O) groups excluding carboxylic acids is 2. The van der Waals surface area contributed by atoms with Gasteiger partial charge in [0.15, 0.2) is 6.61 Å². The molecule has 1 saturated heterocycles. The number of aromatic nitrogens is 2. The van der Waals surface area contributed by atoms with Crippen molar-refractivity contribution in [2.75, 3.05) is 19.7 Å². The molecule has 8 heteroatoms. The Hall–Kier alpha value is -2.22. The van der Waals surface area contributed by atoms with Gasteiger partial charge >= 0.3 is 5.97 Å². The number of rotatable bonds is 5. The number of esters is 1. The summed E-state index contributed by atoms with van der Waals surface area (Å²) in [6, 6.07) is 0. The van der Waals surface area contributed by atoms with Crippen molar-refractivity contribution in [3.05, 3.63) is 26.6 Å². The minimum Gasteiger partial charge on any atom is -0.456 e. The third-order valence-corrected chi connectivity index (χ3v) is 6.99. The van der Waals surface area contributed by atoms with E-state index in [1.807, 2.05) is 0 Å². The van der Waals surface area contributed by atoms with E-state index in [2.05, 4.69) is 16.9 Å². The Morgan fingerprint density at radius 3 is 2.93 bits per heavy atom. The quantitative estimate of drug-likeness (QED) is 0.755. The van der Waals surface area contributed by atoms with Crippen LogP contribution in [0.25, 0.3) is 10.2 Å². The van der Waals surface area contributed by atoms with Crippen molar-refractivity contribution >= 4 is 33.4 Å². The SMILES string of the molecule is CC1CCCN(C(=O)COC(=O)CCc2nc3sc4c(c3c(=O)[nH]2)CCCC4)C1. The second kappa shape index (κ2) is 8.65. The van der Waals surface area contributed by atoms with Crippen LogP contribution >= 0.6 is 11.3 Å². The predicted molar refractivity (Wildman–Crippen MR) is 111 cm³/mol. The van der Waals surface area contributed by atoms with Gasteiger partial charge in [-0.25, -0.2) is 4.98 Å². The number of ether oxygens (including phenoxy) is 1. The lowest BCUT2D eigenvalue weighted by Gasteiger charge is -2.30. The molecular formula is C21H27N3O4S. The lowest BCUT2D eigenvalue weighted by molar-refractivity contribution is -0.152. The molecule has 1 amide bonds. The van der Waals surface area contributed by atoms with Crippen molar-refractivity contribution in [2.24, 2.45) is 5.92 Å². The van der Waals surface area contributed by atoms with Gasteiger partial charge in [-0.15, -0.1) is 11.3 Å². The Labute approximate surface area is 173 Å². The molecule has 2 aromatic rings. The molecule has 0 saturated carbocycles. The summed E-state index contributed by atoms with van der Waals surface area (Å²) < 4.78 is 5.15. The number of hydrogen-bond donors (Lipinski definition) is 1. The minimum absolute atomic E-state index is 0.0865. The number of thiophene rings is 1. The molecule has 1 aliphatic heterocycles. The normalized spacial score (nSPS) is 19.2. The Bertz CT molecular complexity index is 980. The fraction of sp³-hybridized carbons (Fsp3) is 0.619. The van der Waals surface area contributed by atoms with E-state index in [0.29, 0.717) is 18.2 Å². The van der Waals surface area contributed by atoms with Gasteiger partial charge in [0.2, 0.25) is 0 Å². The van der Waals surface area contributed by atoms with Crippen molar-refractivity contribution in [1.82, 2.24) is 14.9 Å². The highest BCUT2D eigenvalue weighted by Gasteiger charge is 2.22. The maximum absolute atomic E-state index is 12.5. The van der Waals surface area contributed by atoms with Crippen LogP contribution in [0.1, 0.15) is 55.3 Å². The van der Waals surface area contributed by atoms with E-state index in [1.54, 1.807) is 16.2 Å². The van der Waals surface area contributed by atoms with Crippen molar-refractivity contribution in [3.63, 3.8) is 0 Å². The molecule has 3 heterocycles. The lowest BCUT2D eigenvalue weighted by Crippen LogP contribution is -2.41. The van der Waals surface area contributed by atoms with Crippen LogP contribution in [0, 0.1) is 5.92 Å². The zero-order chi connectivity index (χ0) is 20.4. The van der Waals surface area contributed by atoms with Crippen molar-refractivity contribution in [2.45, 2.75) is 58.3 Å². The summed E-state index contributed by atoms with van der Waals surface area (Å²) in [6.07, 6.45) is 6.73. The van der Waals surface area contributed by atoms with Gasteiger partial charge in [-0.05, 0) is 50.0 Å². The van der Waals surface area contributed by atoms with E-state index in [9.17, 15) is 14.4 Å². The first kappa shape index (κ1) is 20.1. The summed E-state index contributed by atoms with van der Waals surface area (Å²) in [5.74, 6) is 0.400. The number of H-pyrrole nitrogens is 1. The van der Waals surface area contributed by atoms with E-state index in [4.69, 9.17) is 4.74 Å². The van der Waals surface area contributed by atoms with Gasteiger partial charge in [0.05, 0.1) is 11.8 Å². The van der Waals surface area contributed by atoms with Crippen LogP contribution < -0.4 is 5.56 Å². The predicted octanol–water partition coefficient (Wildman–Crippen LogP) is 2.60. The number of aryl methyl sites for hydroxylation is 3. The topological polar surface area (TPSA) is 92.4 Å². The molecule has 1 unspecified atom stereocenters. The van der Waals surface area contributed by atoms with E-state index >= 15 is 0 Å². The number of nitrogens with one attached hydrogen (secondary N) is 1. The van der Waals surface area contributed by atoms with Crippen LogP contribution in [-0.4, -0.2) is 46.4 Å². The smallest absolute Gasteiger partial charge is 0.306 e. The fourth-order valence-electron chi connectivity index (χ4n) is 4.27. The summed E-state index contributed by atoms with van der Waals surface area (Å²) in [4.78, 5) is 48.0. The maximum atomic E-state index is 12.5. The number of carbonyl (C=O) groups is 2. The molecular weight excluding hydrogens is 390 g/mol. The third kappa shape index (κ3) is 4.52. The zero-order valence-corrected chi connectivity index (χ0v) is 17.6. The lowest BCUT2D eigenvalue weighted by atomic mass is 9.97. The maximum Gasteiger partial charge on any atom is 0.306 e. The number of nitrogens with zero attached hydrogens (tertiary/aromatic N) is 2.